The van der Waals surface area contributed by atoms with E-state index < -0.39 is 11.6 Å². The molecule has 1 aliphatic rings. The number of hydrogen-bond donors (Lipinski definition) is 1. The predicted octanol–water partition coefficient (Wildman–Crippen LogP) is 2.89. The number of ether oxygens (including phenoxy) is 1. The molecule has 1 heterocycles. The van der Waals surface area contributed by atoms with E-state index in [2.05, 4.69) is 0 Å². The summed E-state index contributed by atoms with van der Waals surface area (Å²) >= 11 is 0. The first-order valence-electron chi connectivity index (χ1n) is 6.93. The van der Waals surface area contributed by atoms with Gasteiger partial charge in [0.25, 0.3) is 0 Å². The Morgan fingerprint density at radius 3 is 2.58 bits per heavy atom. The minimum absolute atomic E-state index is 0.122. The summed E-state index contributed by atoms with van der Waals surface area (Å²) in [6.45, 7) is 7.96. The topological polar surface area (TPSA) is 66.8 Å². The number of rotatable bonds is 4. The van der Waals surface area contributed by atoms with Crippen LogP contribution in [0.2, 0.25) is 0 Å². The second-order valence-electron chi connectivity index (χ2n) is 6.29. The number of carbonyl (C=O) groups excluding carboxylic acids is 1. The first kappa shape index (κ1) is 15.8. The van der Waals surface area contributed by atoms with Crippen molar-refractivity contribution in [1.29, 1.82) is 0 Å². The molecular formula is C14H25NO4. The molecule has 0 bridgehead atoms. The van der Waals surface area contributed by atoms with Crippen molar-refractivity contribution in [1.82, 2.24) is 4.90 Å². The maximum Gasteiger partial charge on any atom is 0.410 e. The van der Waals surface area contributed by atoms with Crippen LogP contribution in [0.15, 0.2) is 0 Å². The average Bonchev–Trinajstić information content (AvgIpc) is 2.71. The summed E-state index contributed by atoms with van der Waals surface area (Å²) in [4.78, 5) is 24.6. The highest BCUT2D eigenvalue weighted by Gasteiger charge is 2.32. The van der Waals surface area contributed by atoms with Gasteiger partial charge in [0.1, 0.15) is 5.60 Å². The van der Waals surface area contributed by atoms with Crippen LogP contribution in [-0.2, 0) is 9.53 Å². The quantitative estimate of drug-likeness (QED) is 0.853. The lowest BCUT2D eigenvalue weighted by atomic mass is 10.0. The van der Waals surface area contributed by atoms with Crippen LogP contribution in [0.4, 0.5) is 4.79 Å². The Kier molecular flexibility index (Phi) is 5.20. The third-order valence-electron chi connectivity index (χ3n) is 3.36. The molecule has 0 aromatic heterocycles. The smallest absolute Gasteiger partial charge is 0.410 e. The van der Waals surface area contributed by atoms with Gasteiger partial charge in [0.15, 0.2) is 0 Å². The molecule has 0 saturated carbocycles. The van der Waals surface area contributed by atoms with Gasteiger partial charge in [-0.2, -0.15) is 0 Å². The Bertz CT molecular complexity index is 335. The predicted molar refractivity (Wildman–Crippen MR) is 72.0 cm³/mol. The van der Waals surface area contributed by atoms with Crippen molar-refractivity contribution < 1.29 is 19.4 Å². The number of nitrogens with zero attached hydrogens (tertiary/aromatic N) is 1. The molecule has 0 aromatic rings. The average molecular weight is 271 g/mol. The number of amides is 1. The number of likely N-dealkylation sites (tertiary alicyclic amines) is 1. The molecule has 2 unspecified atom stereocenters. The van der Waals surface area contributed by atoms with Crippen LogP contribution in [-0.4, -0.2) is 40.3 Å². The molecule has 5 nitrogen and oxygen atoms in total. The summed E-state index contributed by atoms with van der Waals surface area (Å²) in [7, 11) is 0. The second kappa shape index (κ2) is 6.26. The van der Waals surface area contributed by atoms with Crippen molar-refractivity contribution in [2.24, 2.45) is 5.92 Å². The Morgan fingerprint density at radius 2 is 2.05 bits per heavy atom. The molecule has 1 fully saturated rings. The highest BCUT2D eigenvalue weighted by Crippen LogP contribution is 2.25. The van der Waals surface area contributed by atoms with Crippen molar-refractivity contribution >= 4 is 12.1 Å². The van der Waals surface area contributed by atoms with Gasteiger partial charge in [-0.05, 0) is 46.5 Å². The van der Waals surface area contributed by atoms with Crippen molar-refractivity contribution in [3.8, 4) is 0 Å². The fourth-order valence-corrected chi connectivity index (χ4v) is 2.26. The maximum absolute atomic E-state index is 12.0. The maximum atomic E-state index is 12.0. The number of carboxylic acids is 1. The molecule has 1 rings (SSSR count). The molecule has 0 spiro atoms. The third-order valence-corrected chi connectivity index (χ3v) is 3.36. The minimum Gasteiger partial charge on any atom is -0.481 e. The summed E-state index contributed by atoms with van der Waals surface area (Å²) in [5.41, 5.74) is -0.488. The zero-order valence-corrected chi connectivity index (χ0v) is 12.3. The second-order valence-corrected chi connectivity index (χ2v) is 6.29. The Balaban J connectivity index is 2.50. The molecule has 5 heteroatoms. The molecule has 19 heavy (non-hydrogen) atoms. The highest BCUT2D eigenvalue weighted by atomic mass is 16.6. The normalized spacial score (nSPS) is 21.3. The van der Waals surface area contributed by atoms with E-state index in [0.717, 1.165) is 19.3 Å². The Hall–Kier alpha value is -1.26. The first-order valence-corrected chi connectivity index (χ1v) is 6.93. The van der Waals surface area contributed by atoms with Crippen LogP contribution in [0.25, 0.3) is 0 Å². The Labute approximate surface area is 114 Å². The van der Waals surface area contributed by atoms with Crippen molar-refractivity contribution in [3.05, 3.63) is 0 Å². The molecule has 1 saturated heterocycles. The van der Waals surface area contributed by atoms with Crippen molar-refractivity contribution in [2.75, 3.05) is 6.54 Å². The summed E-state index contributed by atoms with van der Waals surface area (Å²) < 4.78 is 5.38. The van der Waals surface area contributed by atoms with Crippen LogP contribution < -0.4 is 0 Å². The van der Waals surface area contributed by atoms with Gasteiger partial charge >= 0.3 is 12.1 Å². The fourth-order valence-electron chi connectivity index (χ4n) is 2.26. The molecule has 1 aliphatic heterocycles. The summed E-state index contributed by atoms with van der Waals surface area (Å²) in [6, 6.07) is 0.122. The zero-order chi connectivity index (χ0) is 14.6. The van der Waals surface area contributed by atoms with Gasteiger partial charge in [0.05, 0.1) is 5.92 Å². The molecule has 1 amide bonds. The molecule has 1 N–H and O–H groups in total. The number of aliphatic carboxylic acids is 1. The Morgan fingerprint density at radius 1 is 1.42 bits per heavy atom. The SMILES string of the molecule is CC(CCC1CCCN1C(=O)OC(C)(C)C)C(=O)O. The van der Waals surface area contributed by atoms with Gasteiger partial charge in [0.2, 0.25) is 0 Å². The van der Waals surface area contributed by atoms with Crippen LogP contribution >= 0.6 is 0 Å². The van der Waals surface area contributed by atoms with E-state index in [1.165, 1.54) is 0 Å². The third kappa shape index (κ3) is 5.09. The highest BCUT2D eigenvalue weighted by molar-refractivity contribution is 5.70. The molecule has 2 atom stereocenters. The van der Waals surface area contributed by atoms with Crippen LogP contribution in [0, 0.1) is 5.92 Å². The first-order chi connectivity index (χ1) is 8.70. The standard InChI is InChI=1S/C14H25NO4/c1-10(12(16)17)7-8-11-6-5-9-15(11)13(18)19-14(2,3)4/h10-11H,5-9H2,1-4H3,(H,16,17). The van der Waals surface area contributed by atoms with E-state index in [9.17, 15) is 9.59 Å². The van der Waals surface area contributed by atoms with Gasteiger partial charge in [-0.25, -0.2) is 4.79 Å². The number of carboxylic acid groups (broad SMARTS) is 1. The summed E-state index contributed by atoms with van der Waals surface area (Å²) in [5, 5.41) is 8.88. The van der Waals surface area contributed by atoms with Crippen LogP contribution in [0.5, 0.6) is 0 Å². The summed E-state index contributed by atoms with van der Waals surface area (Å²) in [6.07, 6.45) is 2.95. The molecule has 0 aromatic carbocycles. The zero-order valence-electron chi connectivity index (χ0n) is 12.3. The number of carbonyl (C=O) groups is 2. The number of hydrogen-bond acceptors (Lipinski definition) is 3. The van der Waals surface area contributed by atoms with Crippen molar-refractivity contribution in [3.63, 3.8) is 0 Å². The van der Waals surface area contributed by atoms with Crippen LogP contribution in [0.3, 0.4) is 0 Å². The van der Waals surface area contributed by atoms with Gasteiger partial charge in [-0.1, -0.05) is 6.92 Å². The van der Waals surface area contributed by atoms with Gasteiger partial charge < -0.3 is 14.7 Å². The van der Waals surface area contributed by atoms with E-state index in [1.54, 1.807) is 11.8 Å². The lowest BCUT2D eigenvalue weighted by Gasteiger charge is -2.28. The van der Waals surface area contributed by atoms with Crippen LogP contribution in [0.1, 0.15) is 53.4 Å². The lowest BCUT2D eigenvalue weighted by molar-refractivity contribution is -0.141. The van der Waals surface area contributed by atoms with Gasteiger partial charge in [-0.15, -0.1) is 0 Å². The van der Waals surface area contributed by atoms with E-state index in [0.29, 0.717) is 13.0 Å². The van der Waals surface area contributed by atoms with E-state index in [-0.39, 0.29) is 18.1 Å². The summed E-state index contributed by atoms with van der Waals surface area (Å²) in [5.74, 6) is -1.14. The monoisotopic (exact) mass is 271 g/mol. The minimum atomic E-state index is -0.776. The molecule has 0 radical (unpaired) electrons. The van der Waals surface area contributed by atoms with E-state index in [1.807, 2.05) is 20.8 Å². The molecule has 110 valence electrons. The van der Waals surface area contributed by atoms with Gasteiger partial charge in [0, 0.05) is 12.6 Å². The fraction of sp³-hybridized carbons (Fsp3) is 0.857. The van der Waals surface area contributed by atoms with Gasteiger partial charge in [-0.3, -0.25) is 4.79 Å². The molecule has 0 aliphatic carbocycles. The van der Waals surface area contributed by atoms with E-state index >= 15 is 0 Å². The lowest BCUT2D eigenvalue weighted by Crippen LogP contribution is -2.40. The molecular weight excluding hydrogens is 246 g/mol. The van der Waals surface area contributed by atoms with E-state index in [4.69, 9.17) is 9.84 Å². The largest absolute Gasteiger partial charge is 0.481 e. The van der Waals surface area contributed by atoms with Crippen molar-refractivity contribution in [2.45, 2.75) is 65.0 Å².